The third kappa shape index (κ3) is 7.00. The highest BCUT2D eigenvalue weighted by Crippen LogP contribution is 2.29. The summed E-state index contributed by atoms with van der Waals surface area (Å²) in [6, 6.07) is 11.1. The molecule has 10 heteroatoms. The molecule has 2 rings (SSSR count). The van der Waals surface area contributed by atoms with Crippen molar-refractivity contribution < 1.29 is 24.0 Å². The first-order valence-corrected chi connectivity index (χ1v) is 9.81. The summed E-state index contributed by atoms with van der Waals surface area (Å²) in [5, 5.41) is 16.4. The van der Waals surface area contributed by atoms with E-state index in [4.69, 9.17) is 9.47 Å². The van der Waals surface area contributed by atoms with E-state index in [1.54, 1.807) is 44.4 Å². The number of ether oxygens (including phenoxy) is 2. The van der Waals surface area contributed by atoms with Crippen molar-refractivity contribution in [3.8, 4) is 11.5 Å². The molecule has 0 radical (unpaired) electrons. The number of nitro benzene ring substituents is 1. The minimum atomic E-state index is -0.590. The van der Waals surface area contributed by atoms with Crippen molar-refractivity contribution >= 4 is 40.6 Å². The van der Waals surface area contributed by atoms with Crippen LogP contribution in [0.3, 0.4) is 0 Å². The molecule has 2 aromatic carbocycles. The second-order valence-corrected chi connectivity index (χ2v) is 6.67. The van der Waals surface area contributed by atoms with Gasteiger partial charge in [0.25, 0.3) is 5.69 Å². The molecule has 0 aliphatic heterocycles. The van der Waals surface area contributed by atoms with Gasteiger partial charge < -0.3 is 20.1 Å². The van der Waals surface area contributed by atoms with E-state index in [1.165, 1.54) is 12.1 Å². The lowest BCUT2D eigenvalue weighted by atomic mass is 10.2. The highest BCUT2D eigenvalue weighted by atomic mass is 32.2. The van der Waals surface area contributed by atoms with Crippen LogP contribution in [0.4, 0.5) is 17.1 Å². The highest BCUT2D eigenvalue weighted by molar-refractivity contribution is 8.00. The summed E-state index contributed by atoms with van der Waals surface area (Å²) in [6.45, 7) is 2.14. The van der Waals surface area contributed by atoms with Crippen molar-refractivity contribution in [1.82, 2.24) is 0 Å². The largest absolute Gasteiger partial charge is 0.497 e. The molecule has 29 heavy (non-hydrogen) atoms. The third-order valence-corrected chi connectivity index (χ3v) is 4.52. The zero-order valence-corrected chi connectivity index (χ0v) is 16.8. The molecule has 9 nitrogen and oxygen atoms in total. The first-order valence-electron chi connectivity index (χ1n) is 8.65. The maximum Gasteiger partial charge on any atom is 0.296 e. The Kier molecular flexibility index (Phi) is 8.28. The number of hydrogen-bond donors (Lipinski definition) is 2. The van der Waals surface area contributed by atoms with Gasteiger partial charge >= 0.3 is 0 Å². The molecule has 0 aliphatic rings. The van der Waals surface area contributed by atoms with Gasteiger partial charge in [0, 0.05) is 5.69 Å². The first-order chi connectivity index (χ1) is 13.9. The van der Waals surface area contributed by atoms with Crippen molar-refractivity contribution in [2.45, 2.75) is 6.92 Å². The molecule has 2 amide bonds. The summed E-state index contributed by atoms with van der Waals surface area (Å²) >= 11 is 1.10. The third-order valence-electron chi connectivity index (χ3n) is 3.59. The molecule has 0 aliphatic carbocycles. The fraction of sp³-hybridized carbons (Fsp3) is 0.263. The number of thioether (sulfide) groups is 1. The first kappa shape index (κ1) is 22.0. The van der Waals surface area contributed by atoms with Gasteiger partial charge in [0.2, 0.25) is 11.8 Å². The lowest BCUT2D eigenvalue weighted by molar-refractivity contribution is -0.384. The van der Waals surface area contributed by atoms with Gasteiger partial charge in [-0.15, -0.1) is 11.8 Å². The molecule has 0 fully saturated rings. The Labute approximate surface area is 171 Å². The normalized spacial score (nSPS) is 10.1. The summed E-state index contributed by atoms with van der Waals surface area (Å²) in [5.41, 5.74) is 0.434. The Hall–Kier alpha value is -3.27. The smallest absolute Gasteiger partial charge is 0.296 e. The van der Waals surface area contributed by atoms with Crippen LogP contribution in [0, 0.1) is 10.1 Å². The van der Waals surface area contributed by atoms with E-state index in [0.717, 1.165) is 11.8 Å². The summed E-state index contributed by atoms with van der Waals surface area (Å²) < 4.78 is 10.3. The minimum absolute atomic E-state index is 0.0274. The topological polar surface area (TPSA) is 120 Å². The van der Waals surface area contributed by atoms with Crippen LogP contribution in [0.15, 0.2) is 42.5 Å². The highest BCUT2D eigenvalue weighted by Gasteiger charge is 2.17. The lowest BCUT2D eigenvalue weighted by Gasteiger charge is -2.09. The van der Waals surface area contributed by atoms with Crippen LogP contribution in [0.2, 0.25) is 0 Å². The number of carbonyl (C=O) groups is 2. The number of benzene rings is 2. The van der Waals surface area contributed by atoms with Gasteiger partial charge in [0.15, 0.2) is 0 Å². The minimum Gasteiger partial charge on any atom is -0.497 e. The van der Waals surface area contributed by atoms with Gasteiger partial charge in [-0.1, -0.05) is 0 Å². The van der Waals surface area contributed by atoms with Crippen molar-refractivity contribution in [1.29, 1.82) is 0 Å². The summed E-state index contributed by atoms with van der Waals surface area (Å²) in [6.07, 6.45) is 0. The number of carbonyl (C=O) groups excluding carboxylic acids is 2. The van der Waals surface area contributed by atoms with Crippen LogP contribution in [0.1, 0.15) is 6.92 Å². The summed E-state index contributed by atoms with van der Waals surface area (Å²) in [5.74, 6) is 0.351. The van der Waals surface area contributed by atoms with Crippen molar-refractivity contribution in [2.24, 2.45) is 0 Å². The SMILES string of the molecule is CCOc1ccc(NC(=O)CSCC(=O)Nc2ccc(OC)cc2)c([N+](=O)[O-])c1. The van der Waals surface area contributed by atoms with Crippen LogP contribution in [-0.2, 0) is 9.59 Å². The number of nitrogens with zero attached hydrogens (tertiary/aromatic N) is 1. The zero-order valence-electron chi connectivity index (χ0n) is 16.0. The van der Waals surface area contributed by atoms with Crippen LogP contribution in [0.25, 0.3) is 0 Å². The average molecular weight is 419 g/mol. The molecular weight excluding hydrogens is 398 g/mol. The van der Waals surface area contributed by atoms with Crippen molar-refractivity contribution in [3.05, 3.63) is 52.6 Å². The number of nitrogens with one attached hydrogen (secondary N) is 2. The number of methoxy groups -OCH3 is 1. The Bertz CT molecular complexity index is 873. The quantitative estimate of drug-likeness (QED) is 0.448. The van der Waals surface area contributed by atoms with E-state index in [2.05, 4.69) is 10.6 Å². The number of amides is 2. The number of hydrogen-bond acceptors (Lipinski definition) is 7. The molecule has 2 N–H and O–H groups in total. The zero-order chi connectivity index (χ0) is 21.2. The van der Waals surface area contributed by atoms with Gasteiger partial charge in [-0.05, 0) is 43.3 Å². The second kappa shape index (κ2) is 10.9. The fourth-order valence-electron chi connectivity index (χ4n) is 2.32. The van der Waals surface area contributed by atoms with Crippen LogP contribution < -0.4 is 20.1 Å². The number of nitro groups is 1. The van der Waals surface area contributed by atoms with Crippen LogP contribution >= 0.6 is 11.8 Å². The van der Waals surface area contributed by atoms with E-state index in [-0.39, 0.29) is 28.8 Å². The van der Waals surface area contributed by atoms with Gasteiger partial charge in [-0.3, -0.25) is 19.7 Å². The molecule has 154 valence electrons. The molecule has 0 unspecified atom stereocenters. The molecule has 0 saturated carbocycles. The van der Waals surface area contributed by atoms with E-state index >= 15 is 0 Å². The van der Waals surface area contributed by atoms with Crippen molar-refractivity contribution in [3.63, 3.8) is 0 Å². The molecule has 0 heterocycles. The molecule has 0 bridgehead atoms. The fourth-order valence-corrected chi connectivity index (χ4v) is 2.94. The van der Waals surface area contributed by atoms with E-state index in [9.17, 15) is 19.7 Å². The summed E-state index contributed by atoms with van der Waals surface area (Å²) in [4.78, 5) is 34.6. The maximum atomic E-state index is 12.1. The second-order valence-electron chi connectivity index (χ2n) is 5.69. The molecule has 0 atom stereocenters. The van der Waals surface area contributed by atoms with Crippen LogP contribution in [0.5, 0.6) is 11.5 Å². The predicted octanol–water partition coefficient (Wildman–Crippen LogP) is 3.31. The Morgan fingerprint density at radius 3 is 2.24 bits per heavy atom. The lowest BCUT2D eigenvalue weighted by Crippen LogP contribution is -2.19. The van der Waals surface area contributed by atoms with Gasteiger partial charge in [0.1, 0.15) is 17.2 Å². The van der Waals surface area contributed by atoms with Gasteiger partial charge in [-0.25, -0.2) is 0 Å². The van der Waals surface area contributed by atoms with Crippen molar-refractivity contribution in [2.75, 3.05) is 35.9 Å². The predicted molar refractivity (Wildman–Crippen MR) is 112 cm³/mol. The maximum absolute atomic E-state index is 12.1. The van der Waals surface area contributed by atoms with E-state index in [1.807, 2.05) is 0 Å². The molecule has 0 spiro atoms. The Morgan fingerprint density at radius 1 is 1.03 bits per heavy atom. The van der Waals surface area contributed by atoms with E-state index < -0.39 is 10.8 Å². The average Bonchev–Trinajstić information content (AvgIpc) is 2.69. The monoisotopic (exact) mass is 419 g/mol. The Morgan fingerprint density at radius 2 is 1.66 bits per heavy atom. The molecule has 0 saturated heterocycles. The van der Waals surface area contributed by atoms with Crippen LogP contribution in [-0.4, -0.2) is 42.0 Å². The standard InChI is InChI=1S/C19H21N3O6S/c1-3-28-15-8-9-16(17(10-15)22(25)26)21-19(24)12-29-11-18(23)20-13-4-6-14(27-2)7-5-13/h4-10H,3,11-12H2,1-2H3,(H,20,23)(H,21,24). The molecule has 0 aromatic heterocycles. The molecule has 2 aromatic rings. The summed E-state index contributed by atoms with van der Waals surface area (Å²) in [7, 11) is 1.55. The van der Waals surface area contributed by atoms with E-state index in [0.29, 0.717) is 23.8 Å². The number of anilines is 2. The number of rotatable bonds is 10. The van der Waals surface area contributed by atoms with Gasteiger partial charge in [0.05, 0.1) is 36.2 Å². The Balaban J connectivity index is 1.83. The van der Waals surface area contributed by atoms with Gasteiger partial charge in [-0.2, -0.15) is 0 Å². The molecular formula is C19H21N3O6S.